The third-order valence-electron chi connectivity index (χ3n) is 6.14. The normalized spacial score (nSPS) is 39.9. The number of hydrogen-bond donors (Lipinski definition) is 1. The number of nitrogens with zero attached hydrogens (tertiary/aromatic N) is 1. The van der Waals surface area contributed by atoms with E-state index >= 15 is 0 Å². The molecule has 2 rings (SSSR count). The molecule has 0 aromatic heterocycles. The van der Waals surface area contributed by atoms with Crippen LogP contribution in [0.25, 0.3) is 0 Å². The minimum absolute atomic E-state index is 0.744. The molecule has 3 unspecified atom stereocenters. The summed E-state index contributed by atoms with van der Waals surface area (Å²) in [4.78, 5) is 2.85. The van der Waals surface area contributed by atoms with Crippen molar-refractivity contribution in [3.8, 4) is 0 Å². The Kier molecular flexibility index (Phi) is 6.35. The van der Waals surface area contributed by atoms with Crippen molar-refractivity contribution in [3.05, 3.63) is 0 Å². The van der Waals surface area contributed by atoms with E-state index in [-0.39, 0.29) is 0 Å². The van der Waals surface area contributed by atoms with E-state index in [9.17, 15) is 0 Å². The molecule has 118 valence electrons. The molecule has 0 amide bonds. The largest absolute Gasteiger partial charge is 0.314 e. The fourth-order valence-corrected chi connectivity index (χ4v) is 4.41. The van der Waals surface area contributed by atoms with E-state index in [2.05, 4.69) is 37.9 Å². The van der Waals surface area contributed by atoms with E-state index in [1.165, 1.54) is 58.0 Å². The first-order chi connectivity index (χ1) is 9.67. The Morgan fingerprint density at radius 3 is 2.30 bits per heavy atom. The molecule has 20 heavy (non-hydrogen) atoms. The van der Waals surface area contributed by atoms with Crippen LogP contribution in [0, 0.1) is 11.8 Å². The fraction of sp³-hybridized carbons (Fsp3) is 1.00. The van der Waals surface area contributed by atoms with E-state index in [4.69, 9.17) is 0 Å². The summed E-state index contributed by atoms with van der Waals surface area (Å²) in [7, 11) is 0. The Hall–Kier alpha value is -0.0800. The molecule has 2 nitrogen and oxygen atoms in total. The molecular weight excluding hydrogens is 244 g/mol. The quantitative estimate of drug-likeness (QED) is 0.817. The van der Waals surface area contributed by atoms with E-state index in [0.717, 1.165) is 30.0 Å². The van der Waals surface area contributed by atoms with Gasteiger partial charge < -0.3 is 5.32 Å². The Labute approximate surface area is 126 Å². The summed E-state index contributed by atoms with van der Waals surface area (Å²) >= 11 is 0. The number of likely N-dealkylation sites (tertiary alicyclic amines) is 1. The van der Waals surface area contributed by atoms with Gasteiger partial charge in [-0.3, -0.25) is 4.90 Å². The standard InChI is InChI=1S/C18H36N2/c1-5-12-19-18-11-13-20(15(4)14(18)3)17-9-7-16(6-2)8-10-17/h14-19H,5-13H2,1-4H3. The summed E-state index contributed by atoms with van der Waals surface area (Å²) in [5.41, 5.74) is 0. The zero-order chi connectivity index (χ0) is 14.5. The van der Waals surface area contributed by atoms with Gasteiger partial charge in [0.25, 0.3) is 0 Å². The maximum absolute atomic E-state index is 3.76. The fourth-order valence-electron chi connectivity index (χ4n) is 4.41. The van der Waals surface area contributed by atoms with Crippen LogP contribution < -0.4 is 5.32 Å². The SMILES string of the molecule is CCCNC1CCN(C2CCC(CC)CC2)C(C)C1C. The van der Waals surface area contributed by atoms with Crippen molar-refractivity contribution in [1.82, 2.24) is 10.2 Å². The highest BCUT2D eigenvalue weighted by atomic mass is 15.2. The molecule has 1 saturated heterocycles. The number of piperidine rings is 1. The van der Waals surface area contributed by atoms with E-state index < -0.39 is 0 Å². The molecular formula is C18H36N2. The summed E-state index contributed by atoms with van der Waals surface area (Å²) in [5, 5.41) is 3.76. The Bertz CT molecular complexity index is 271. The predicted molar refractivity (Wildman–Crippen MR) is 88.1 cm³/mol. The first-order valence-corrected chi connectivity index (χ1v) is 9.16. The predicted octanol–water partition coefficient (Wildman–Crippen LogP) is 4.05. The third kappa shape index (κ3) is 3.76. The zero-order valence-electron chi connectivity index (χ0n) is 14.2. The smallest absolute Gasteiger partial charge is 0.0120 e. The van der Waals surface area contributed by atoms with Crippen LogP contribution in [0.2, 0.25) is 0 Å². The summed E-state index contributed by atoms with van der Waals surface area (Å²) in [6.07, 6.45) is 9.82. The number of rotatable bonds is 5. The van der Waals surface area contributed by atoms with Crippen LogP contribution in [0.15, 0.2) is 0 Å². The lowest BCUT2D eigenvalue weighted by molar-refractivity contribution is 0.0256. The summed E-state index contributed by atoms with van der Waals surface area (Å²) in [6, 6.07) is 2.37. The van der Waals surface area contributed by atoms with Gasteiger partial charge in [0.05, 0.1) is 0 Å². The molecule has 0 radical (unpaired) electrons. The van der Waals surface area contributed by atoms with Crippen molar-refractivity contribution >= 4 is 0 Å². The lowest BCUT2D eigenvalue weighted by Crippen LogP contribution is -2.56. The van der Waals surface area contributed by atoms with Crippen LogP contribution >= 0.6 is 0 Å². The monoisotopic (exact) mass is 280 g/mol. The van der Waals surface area contributed by atoms with E-state index in [0.29, 0.717) is 0 Å². The topological polar surface area (TPSA) is 15.3 Å². The average molecular weight is 280 g/mol. The van der Waals surface area contributed by atoms with Gasteiger partial charge >= 0.3 is 0 Å². The maximum Gasteiger partial charge on any atom is 0.0120 e. The second-order valence-electron chi connectivity index (χ2n) is 7.27. The van der Waals surface area contributed by atoms with Gasteiger partial charge in [0.1, 0.15) is 0 Å². The lowest BCUT2D eigenvalue weighted by atomic mass is 9.80. The highest BCUT2D eigenvalue weighted by molar-refractivity contribution is 4.92. The lowest BCUT2D eigenvalue weighted by Gasteiger charge is -2.48. The Balaban J connectivity index is 1.85. The van der Waals surface area contributed by atoms with Crippen LogP contribution in [0.5, 0.6) is 0 Å². The molecule has 0 spiro atoms. The summed E-state index contributed by atoms with van der Waals surface area (Å²) < 4.78 is 0. The molecule has 2 fully saturated rings. The highest BCUT2D eigenvalue weighted by Crippen LogP contribution is 2.34. The van der Waals surface area contributed by atoms with Gasteiger partial charge in [-0.25, -0.2) is 0 Å². The van der Waals surface area contributed by atoms with Crippen molar-refractivity contribution in [2.75, 3.05) is 13.1 Å². The zero-order valence-corrected chi connectivity index (χ0v) is 14.2. The van der Waals surface area contributed by atoms with Crippen LogP contribution in [-0.2, 0) is 0 Å². The molecule has 3 atom stereocenters. The van der Waals surface area contributed by atoms with Gasteiger partial charge in [0.15, 0.2) is 0 Å². The molecule has 1 aliphatic carbocycles. The van der Waals surface area contributed by atoms with Gasteiger partial charge in [-0.1, -0.05) is 27.2 Å². The van der Waals surface area contributed by atoms with Crippen LogP contribution in [0.1, 0.15) is 72.6 Å². The van der Waals surface area contributed by atoms with Crippen molar-refractivity contribution in [3.63, 3.8) is 0 Å². The van der Waals surface area contributed by atoms with Crippen LogP contribution in [0.4, 0.5) is 0 Å². The molecule has 1 saturated carbocycles. The Morgan fingerprint density at radius 2 is 1.70 bits per heavy atom. The molecule has 2 aliphatic rings. The summed E-state index contributed by atoms with van der Waals surface area (Å²) in [5.74, 6) is 1.81. The minimum Gasteiger partial charge on any atom is -0.314 e. The highest BCUT2D eigenvalue weighted by Gasteiger charge is 2.36. The minimum atomic E-state index is 0.744. The van der Waals surface area contributed by atoms with Gasteiger partial charge in [-0.2, -0.15) is 0 Å². The maximum atomic E-state index is 3.76. The molecule has 0 bridgehead atoms. The molecule has 0 aromatic rings. The molecule has 1 N–H and O–H groups in total. The van der Waals surface area contributed by atoms with Gasteiger partial charge in [0.2, 0.25) is 0 Å². The second-order valence-corrected chi connectivity index (χ2v) is 7.27. The van der Waals surface area contributed by atoms with Gasteiger partial charge in [-0.15, -0.1) is 0 Å². The van der Waals surface area contributed by atoms with Crippen LogP contribution in [0.3, 0.4) is 0 Å². The van der Waals surface area contributed by atoms with Crippen molar-refractivity contribution < 1.29 is 0 Å². The van der Waals surface area contributed by atoms with Crippen molar-refractivity contribution in [2.24, 2.45) is 11.8 Å². The second kappa shape index (κ2) is 7.79. The van der Waals surface area contributed by atoms with Gasteiger partial charge in [0, 0.05) is 24.7 Å². The molecule has 1 heterocycles. The first-order valence-electron chi connectivity index (χ1n) is 9.16. The average Bonchev–Trinajstić information content (AvgIpc) is 2.49. The van der Waals surface area contributed by atoms with Crippen molar-refractivity contribution in [1.29, 1.82) is 0 Å². The molecule has 0 aromatic carbocycles. The van der Waals surface area contributed by atoms with Crippen molar-refractivity contribution in [2.45, 2.75) is 90.8 Å². The van der Waals surface area contributed by atoms with E-state index in [1.807, 2.05) is 0 Å². The van der Waals surface area contributed by atoms with Gasteiger partial charge in [-0.05, 0) is 63.8 Å². The first kappa shape index (κ1) is 16.3. The molecule has 2 heteroatoms. The van der Waals surface area contributed by atoms with E-state index in [1.54, 1.807) is 0 Å². The number of nitrogens with one attached hydrogen (secondary N) is 1. The summed E-state index contributed by atoms with van der Waals surface area (Å²) in [6.45, 7) is 12.1. The third-order valence-corrected chi connectivity index (χ3v) is 6.14. The Morgan fingerprint density at radius 1 is 1.00 bits per heavy atom. The number of hydrogen-bond acceptors (Lipinski definition) is 2. The molecule has 1 aliphatic heterocycles. The van der Waals surface area contributed by atoms with Crippen LogP contribution in [-0.4, -0.2) is 36.1 Å².